The summed E-state index contributed by atoms with van der Waals surface area (Å²) >= 11 is 13.2. The summed E-state index contributed by atoms with van der Waals surface area (Å²) in [4.78, 5) is 0. The third-order valence-corrected chi connectivity index (χ3v) is 5.89. The monoisotopic (exact) mass is 514 g/mol. The number of halogens is 3. The fourth-order valence-corrected chi connectivity index (χ4v) is 3.91. The normalized spacial score (nSPS) is 16.6. The second-order valence-electron chi connectivity index (χ2n) is 6.57. The first-order chi connectivity index (χ1) is 13.6. The van der Waals surface area contributed by atoms with Crippen molar-refractivity contribution in [2.75, 3.05) is 5.01 Å². The number of rotatable bonds is 4. The molecule has 1 aliphatic heterocycles. The van der Waals surface area contributed by atoms with Crippen molar-refractivity contribution in [1.29, 1.82) is 0 Å². The Hall–Kier alpha value is -1.88. The highest BCUT2D eigenvalue weighted by molar-refractivity contribution is 9.10. The van der Waals surface area contributed by atoms with Crippen molar-refractivity contribution in [2.45, 2.75) is 12.5 Å². The lowest BCUT2D eigenvalue weighted by Gasteiger charge is -2.24. The zero-order chi connectivity index (χ0) is 19.5. The summed E-state index contributed by atoms with van der Waals surface area (Å²) in [6, 6.07) is 24.6. The maximum Gasteiger partial charge on any atom is 0.0831 e. The molecule has 0 saturated carbocycles. The Balaban J connectivity index is 1.65. The van der Waals surface area contributed by atoms with E-state index in [1.807, 2.05) is 36.4 Å². The minimum atomic E-state index is 0.135. The summed E-state index contributed by atoms with van der Waals surface area (Å²) in [7, 11) is 0. The van der Waals surface area contributed by atoms with Gasteiger partial charge in [0.2, 0.25) is 0 Å². The van der Waals surface area contributed by atoms with Crippen LogP contribution >= 0.6 is 43.5 Å². The topological polar surface area (TPSA) is 15.6 Å². The molecule has 4 rings (SSSR count). The quantitative estimate of drug-likeness (QED) is 0.344. The number of hydrogen-bond acceptors (Lipinski definition) is 2. The first-order valence-corrected chi connectivity index (χ1v) is 10.9. The zero-order valence-electron chi connectivity index (χ0n) is 14.9. The van der Waals surface area contributed by atoms with Gasteiger partial charge in [-0.3, -0.25) is 5.01 Å². The number of nitrogens with zero attached hydrogens (tertiary/aromatic N) is 2. The molecule has 28 heavy (non-hydrogen) atoms. The van der Waals surface area contributed by atoms with E-state index in [0.29, 0.717) is 5.02 Å². The maximum atomic E-state index is 6.23. The molecule has 2 nitrogen and oxygen atoms in total. The highest BCUT2D eigenvalue weighted by atomic mass is 79.9. The van der Waals surface area contributed by atoms with E-state index in [0.717, 1.165) is 32.3 Å². The van der Waals surface area contributed by atoms with Crippen LogP contribution in [0.5, 0.6) is 0 Å². The van der Waals surface area contributed by atoms with Crippen LogP contribution < -0.4 is 5.01 Å². The van der Waals surface area contributed by atoms with Gasteiger partial charge < -0.3 is 0 Å². The first-order valence-electron chi connectivity index (χ1n) is 8.90. The molecule has 0 aliphatic carbocycles. The first kappa shape index (κ1) is 19.4. The molecular formula is C23H17Br2ClN2. The van der Waals surface area contributed by atoms with Crippen molar-refractivity contribution in [3.63, 3.8) is 0 Å². The Morgan fingerprint density at radius 2 is 1.57 bits per heavy atom. The summed E-state index contributed by atoms with van der Waals surface area (Å²) in [5.41, 5.74) is 4.40. The van der Waals surface area contributed by atoms with Gasteiger partial charge in [0.25, 0.3) is 0 Å². The van der Waals surface area contributed by atoms with Gasteiger partial charge in [0.15, 0.2) is 0 Å². The highest BCUT2D eigenvalue weighted by Gasteiger charge is 2.28. The van der Waals surface area contributed by atoms with Crippen LogP contribution in [0.25, 0.3) is 6.08 Å². The van der Waals surface area contributed by atoms with Crippen molar-refractivity contribution < 1.29 is 0 Å². The Morgan fingerprint density at radius 1 is 0.893 bits per heavy atom. The van der Waals surface area contributed by atoms with Crippen molar-refractivity contribution in [1.82, 2.24) is 0 Å². The molecule has 1 atom stereocenters. The number of anilines is 1. The third kappa shape index (κ3) is 4.57. The van der Waals surface area contributed by atoms with E-state index < -0.39 is 0 Å². The fraction of sp³-hybridized carbons (Fsp3) is 0.0870. The molecule has 1 heterocycles. The van der Waals surface area contributed by atoms with Gasteiger partial charge in [-0.05, 0) is 59.7 Å². The summed E-state index contributed by atoms with van der Waals surface area (Å²) in [5.74, 6) is 0. The Morgan fingerprint density at radius 3 is 2.25 bits per heavy atom. The standard InChI is InChI=1S/C23H17Br2ClN2/c24-18-9-4-16(5-10-18)6-13-21-15-23(17-7-11-19(25)12-8-17)28(27-21)22-3-1-2-20(26)14-22/h1-14,23H,15H2/b13-6-/t23-/m0/s1. The lowest BCUT2D eigenvalue weighted by Crippen LogP contribution is -2.18. The average molecular weight is 517 g/mol. The fourth-order valence-electron chi connectivity index (χ4n) is 3.20. The molecule has 0 saturated heterocycles. The molecule has 5 heteroatoms. The van der Waals surface area contributed by atoms with Crippen LogP contribution in [-0.4, -0.2) is 5.71 Å². The van der Waals surface area contributed by atoms with Gasteiger partial charge in [-0.25, -0.2) is 0 Å². The van der Waals surface area contributed by atoms with E-state index in [-0.39, 0.29) is 6.04 Å². The molecule has 3 aromatic rings. The van der Waals surface area contributed by atoms with Crippen molar-refractivity contribution in [2.24, 2.45) is 5.10 Å². The number of allylic oxidation sites excluding steroid dienone is 1. The second kappa shape index (κ2) is 8.64. The number of hydrazone groups is 1. The van der Waals surface area contributed by atoms with Crippen molar-refractivity contribution in [3.8, 4) is 0 Å². The molecule has 0 amide bonds. The predicted molar refractivity (Wildman–Crippen MR) is 126 cm³/mol. The van der Waals surface area contributed by atoms with Crippen LogP contribution in [0.1, 0.15) is 23.6 Å². The minimum Gasteiger partial charge on any atom is -0.257 e. The van der Waals surface area contributed by atoms with Crippen LogP contribution in [0.4, 0.5) is 5.69 Å². The van der Waals surface area contributed by atoms with Gasteiger partial charge in [-0.15, -0.1) is 0 Å². The van der Waals surface area contributed by atoms with Gasteiger partial charge in [-0.1, -0.05) is 79.9 Å². The van der Waals surface area contributed by atoms with Crippen LogP contribution in [0, 0.1) is 0 Å². The molecule has 0 radical (unpaired) electrons. The number of hydrogen-bond donors (Lipinski definition) is 0. The Kier molecular flexibility index (Phi) is 6.00. The SMILES string of the molecule is Clc1cccc(N2N=C(/C=C\c3ccc(Br)cc3)C[C@H]2c2ccc(Br)cc2)c1. The second-order valence-corrected chi connectivity index (χ2v) is 8.84. The molecule has 140 valence electrons. The maximum absolute atomic E-state index is 6.23. The van der Waals surface area contributed by atoms with Crippen LogP contribution in [0.3, 0.4) is 0 Å². The molecule has 0 spiro atoms. The molecule has 1 aliphatic rings. The van der Waals surface area contributed by atoms with Gasteiger partial charge in [0, 0.05) is 20.4 Å². The van der Waals surface area contributed by atoms with E-state index in [4.69, 9.17) is 16.7 Å². The van der Waals surface area contributed by atoms with Gasteiger partial charge in [0.1, 0.15) is 0 Å². The molecule has 0 fully saturated rings. The summed E-state index contributed by atoms with van der Waals surface area (Å²) in [6.07, 6.45) is 5.03. The average Bonchev–Trinajstić information content (AvgIpc) is 3.12. The summed E-state index contributed by atoms with van der Waals surface area (Å²) in [5, 5.41) is 7.67. The molecule has 0 unspecified atom stereocenters. The molecule has 0 N–H and O–H groups in total. The van der Waals surface area contributed by atoms with E-state index in [1.165, 1.54) is 5.56 Å². The van der Waals surface area contributed by atoms with Crippen molar-refractivity contribution >= 4 is 60.9 Å². The van der Waals surface area contributed by atoms with Gasteiger partial charge >= 0.3 is 0 Å². The third-order valence-electron chi connectivity index (χ3n) is 4.60. The Bertz CT molecular complexity index is 1030. The molecule has 3 aromatic carbocycles. The van der Waals surface area contributed by atoms with Crippen LogP contribution in [0.2, 0.25) is 5.02 Å². The molecule has 0 aromatic heterocycles. The summed E-state index contributed by atoms with van der Waals surface area (Å²) < 4.78 is 2.14. The predicted octanol–water partition coefficient (Wildman–Crippen LogP) is 7.89. The van der Waals surface area contributed by atoms with Crippen molar-refractivity contribution in [3.05, 3.63) is 104 Å². The lowest BCUT2D eigenvalue weighted by atomic mass is 10.0. The van der Waals surface area contributed by atoms with Gasteiger partial charge in [-0.2, -0.15) is 5.10 Å². The minimum absolute atomic E-state index is 0.135. The largest absolute Gasteiger partial charge is 0.257 e. The number of benzene rings is 3. The van der Waals surface area contributed by atoms with Gasteiger partial charge in [0.05, 0.1) is 17.4 Å². The lowest BCUT2D eigenvalue weighted by molar-refractivity contribution is 0.709. The summed E-state index contributed by atoms with van der Waals surface area (Å²) in [6.45, 7) is 0. The Labute approximate surface area is 186 Å². The van der Waals surface area contributed by atoms with E-state index in [9.17, 15) is 0 Å². The molecular weight excluding hydrogens is 500 g/mol. The van der Waals surface area contributed by atoms with E-state index >= 15 is 0 Å². The molecule has 0 bridgehead atoms. The van der Waals surface area contributed by atoms with E-state index in [2.05, 4.69) is 85.4 Å². The smallest absolute Gasteiger partial charge is 0.0831 e. The van der Waals surface area contributed by atoms with Crippen LogP contribution in [-0.2, 0) is 0 Å². The zero-order valence-corrected chi connectivity index (χ0v) is 18.8. The van der Waals surface area contributed by atoms with Crippen LogP contribution in [0.15, 0.2) is 92.9 Å². The highest BCUT2D eigenvalue weighted by Crippen LogP contribution is 2.36. The van der Waals surface area contributed by atoms with E-state index in [1.54, 1.807) is 0 Å².